The van der Waals surface area contributed by atoms with Crippen LogP contribution >= 0.6 is 27.5 Å². The zero-order chi connectivity index (χ0) is 12.8. The lowest BCUT2D eigenvalue weighted by Crippen LogP contribution is -2.38. The van der Waals surface area contributed by atoms with Crippen LogP contribution in [0.5, 0.6) is 0 Å². The van der Waals surface area contributed by atoms with Crippen LogP contribution in [-0.2, 0) is 4.74 Å². The molecule has 0 saturated heterocycles. The Labute approximate surface area is 114 Å². The summed E-state index contributed by atoms with van der Waals surface area (Å²) in [4.78, 5) is 11.6. The van der Waals surface area contributed by atoms with Gasteiger partial charge in [-0.05, 0) is 41.1 Å². The molecule has 0 aromatic heterocycles. The Hall–Kier alpha value is -0.780. The number of hydrogen-bond acceptors (Lipinski definition) is 2. The van der Waals surface area contributed by atoms with E-state index in [-0.39, 0.29) is 12.1 Å². The van der Waals surface area contributed by atoms with E-state index in [1.165, 1.54) is 0 Å². The molecule has 6 heteroatoms. The molecule has 1 aromatic rings. The van der Waals surface area contributed by atoms with Gasteiger partial charge >= 0.3 is 6.03 Å². The zero-order valence-electron chi connectivity index (χ0n) is 9.59. The van der Waals surface area contributed by atoms with Gasteiger partial charge in [-0.3, -0.25) is 0 Å². The Morgan fingerprint density at radius 2 is 2.29 bits per heavy atom. The number of carbonyl (C=O) groups excluding carboxylic acids is 1. The number of methoxy groups -OCH3 is 1. The van der Waals surface area contributed by atoms with Crippen LogP contribution in [0.4, 0.5) is 10.5 Å². The lowest BCUT2D eigenvalue weighted by atomic mass is 10.3. The molecule has 4 nitrogen and oxygen atoms in total. The molecule has 0 bridgehead atoms. The molecule has 1 atom stereocenters. The van der Waals surface area contributed by atoms with Crippen LogP contribution in [-0.4, -0.2) is 25.8 Å². The second-order valence-electron chi connectivity index (χ2n) is 3.58. The van der Waals surface area contributed by atoms with Gasteiger partial charge in [-0.15, -0.1) is 0 Å². The Morgan fingerprint density at radius 3 is 2.88 bits per heavy atom. The van der Waals surface area contributed by atoms with Crippen molar-refractivity contribution in [2.24, 2.45) is 0 Å². The van der Waals surface area contributed by atoms with E-state index in [1.807, 2.05) is 6.92 Å². The monoisotopic (exact) mass is 320 g/mol. The molecule has 0 aliphatic heterocycles. The second-order valence-corrected chi connectivity index (χ2v) is 4.87. The van der Waals surface area contributed by atoms with E-state index in [0.717, 1.165) is 4.47 Å². The van der Waals surface area contributed by atoms with Gasteiger partial charge in [0.25, 0.3) is 0 Å². The van der Waals surface area contributed by atoms with Crippen molar-refractivity contribution in [1.82, 2.24) is 5.32 Å². The Kier molecular flexibility index (Phi) is 5.74. The molecule has 94 valence electrons. The van der Waals surface area contributed by atoms with E-state index in [1.54, 1.807) is 25.3 Å². The fraction of sp³-hybridized carbons (Fsp3) is 0.364. The minimum absolute atomic E-state index is 0.0499. The summed E-state index contributed by atoms with van der Waals surface area (Å²) in [5.41, 5.74) is 0.663. The maximum Gasteiger partial charge on any atom is 0.319 e. The van der Waals surface area contributed by atoms with Crippen molar-refractivity contribution in [3.8, 4) is 0 Å². The van der Waals surface area contributed by atoms with Gasteiger partial charge in [-0.25, -0.2) is 4.79 Å². The van der Waals surface area contributed by atoms with Gasteiger partial charge in [-0.2, -0.15) is 0 Å². The van der Waals surface area contributed by atoms with Crippen LogP contribution in [0.3, 0.4) is 0 Å². The maximum absolute atomic E-state index is 11.6. The third-order valence-corrected chi connectivity index (χ3v) is 2.86. The SMILES string of the molecule is COC[C@H](C)NC(=O)Nc1ccc(Cl)cc1Br. The Bertz CT molecular complexity index is 401. The van der Waals surface area contributed by atoms with Crippen LogP contribution in [0.1, 0.15) is 6.92 Å². The summed E-state index contributed by atoms with van der Waals surface area (Å²) in [6.07, 6.45) is 0. The number of carbonyl (C=O) groups is 1. The van der Waals surface area contributed by atoms with E-state index in [0.29, 0.717) is 17.3 Å². The van der Waals surface area contributed by atoms with Crippen LogP contribution in [0.2, 0.25) is 5.02 Å². The second kappa shape index (κ2) is 6.83. The van der Waals surface area contributed by atoms with Crippen LogP contribution in [0.15, 0.2) is 22.7 Å². The predicted octanol–water partition coefficient (Wildman–Crippen LogP) is 3.26. The van der Waals surface area contributed by atoms with Crippen molar-refractivity contribution in [1.29, 1.82) is 0 Å². The number of halogens is 2. The molecule has 0 spiro atoms. The molecule has 0 saturated carbocycles. The fourth-order valence-electron chi connectivity index (χ4n) is 1.26. The number of urea groups is 1. The number of anilines is 1. The molecular formula is C11H14BrClN2O2. The molecule has 17 heavy (non-hydrogen) atoms. The van der Waals surface area contributed by atoms with Gasteiger partial charge < -0.3 is 15.4 Å². The van der Waals surface area contributed by atoms with Gasteiger partial charge in [0, 0.05) is 16.6 Å². The topological polar surface area (TPSA) is 50.4 Å². The summed E-state index contributed by atoms with van der Waals surface area (Å²) in [6.45, 7) is 2.33. The third kappa shape index (κ3) is 4.93. The maximum atomic E-state index is 11.6. The first kappa shape index (κ1) is 14.3. The largest absolute Gasteiger partial charge is 0.383 e. The summed E-state index contributed by atoms with van der Waals surface area (Å²) in [5.74, 6) is 0. The normalized spacial score (nSPS) is 12.0. The average Bonchev–Trinajstić information content (AvgIpc) is 2.22. The van der Waals surface area contributed by atoms with E-state index in [9.17, 15) is 4.79 Å². The summed E-state index contributed by atoms with van der Waals surface area (Å²) in [5, 5.41) is 6.06. The quantitative estimate of drug-likeness (QED) is 0.894. The molecule has 2 amide bonds. The number of hydrogen-bond donors (Lipinski definition) is 2. The minimum atomic E-state index is -0.280. The molecule has 0 fully saturated rings. The van der Waals surface area contributed by atoms with E-state index in [2.05, 4.69) is 26.6 Å². The predicted molar refractivity (Wildman–Crippen MR) is 72.6 cm³/mol. The van der Waals surface area contributed by atoms with Gasteiger partial charge in [0.15, 0.2) is 0 Å². The Morgan fingerprint density at radius 1 is 1.59 bits per heavy atom. The molecule has 1 rings (SSSR count). The number of rotatable bonds is 4. The van der Waals surface area contributed by atoms with Crippen molar-refractivity contribution in [3.63, 3.8) is 0 Å². The molecular weight excluding hydrogens is 307 g/mol. The molecule has 0 aliphatic rings. The smallest absolute Gasteiger partial charge is 0.319 e. The summed E-state index contributed by atoms with van der Waals surface area (Å²) in [7, 11) is 1.59. The van der Waals surface area contributed by atoms with E-state index in [4.69, 9.17) is 16.3 Å². The van der Waals surface area contributed by atoms with Crippen LogP contribution in [0.25, 0.3) is 0 Å². The molecule has 2 N–H and O–H groups in total. The van der Waals surface area contributed by atoms with E-state index >= 15 is 0 Å². The molecule has 0 aliphatic carbocycles. The van der Waals surface area contributed by atoms with Crippen molar-refractivity contribution in [3.05, 3.63) is 27.7 Å². The summed E-state index contributed by atoms with van der Waals surface area (Å²) < 4.78 is 5.66. The molecule has 1 aromatic carbocycles. The number of benzene rings is 1. The van der Waals surface area contributed by atoms with Crippen molar-refractivity contribution in [2.45, 2.75) is 13.0 Å². The van der Waals surface area contributed by atoms with E-state index < -0.39 is 0 Å². The lowest BCUT2D eigenvalue weighted by molar-refractivity contribution is 0.173. The Balaban J connectivity index is 2.56. The summed E-state index contributed by atoms with van der Waals surface area (Å²) >= 11 is 9.13. The number of nitrogens with one attached hydrogen (secondary N) is 2. The molecule has 0 heterocycles. The van der Waals surface area contributed by atoms with Gasteiger partial charge in [0.05, 0.1) is 18.3 Å². The van der Waals surface area contributed by atoms with Gasteiger partial charge in [0.2, 0.25) is 0 Å². The lowest BCUT2D eigenvalue weighted by Gasteiger charge is -2.14. The average molecular weight is 322 g/mol. The summed E-state index contributed by atoms with van der Waals surface area (Å²) in [6, 6.07) is 4.83. The highest BCUT2D eigenvalue weighted by molar-refractivity contribution is 9.10. The van der Waals surface area contributed by atoms with Crippen LogP contribution < -0.4 is 10.6 Å². The van der Waals surface area contributed by atoms with Gasteiger partial charge in [0.1, 0.15) is 0 Å². The van der Waals surface area contributed by atoms with Crippen molar-refractivity contribution < 1.29 is 9.53 Å². The van der Waals surface area contributed by atoms with Gasteiger partial charge in [-0.1, -0.05) is 11.6 Å². The standard InChI is InChI=1S/C11H14BrClN2O2/c1-7(6-17-2)14-11(16)15-10-4-3-8(13)5-9(10)12/h3-5,7H,6H2,1-2H3,(H2,14,15,16)/t7-/m0/s1. The highest BCUT2D eigenvalue weighted by atomic mass is 79.9. The zero-order valence-corrected chi connectivity index (χ0v) is 11.9. The first-order chi connectivity index (χ1) is 8.02. The number of ether oxygens (including phenoxy) is 1. The van der Waals surface area contributed by atoms with Crippen molar-refractivity contribution in [2.75, 3.05) is 19.0 Å². The first-order valence-electron chi connectivity index (χ1n) is 5.04. The molecule has 0 unspecified atom stereocenters. The fourth-order valence-corrected chi connectivity index (χ4v) is 2.05. The number of amides is 2. The third-order valence-electron chi connectivity index (χ3n) is 1.97. The van der Waals surface area contributed by atoms with Crippen LogP contribution in [0, 0.1) is 0 Å². The highest BCUT2D eigenvalue weighted by Crippen LogP contribution is 2.25. The minimum Gasteiger partial charge on any atom is -0.383 e. The highest BCUT2D eigenvalue weighted by Gasteiger charge is 2.08. The van der Waals surface area contributed by atoms with Crippen molar-refractivity contribution >= 4 is 39.2 Å². The first-order valence-corrected chi connectivity index (χ1v) is 6.21. The molecule has 0 radical (unpaired) electrons.